The Bertz CT molecular complexity index is 165. The van der Waals surface area contributed by atoms with Gasteiger partial charge in [-0.2, -0.15) is 0 Å². The lowest BCUT2D eigenvalue weighted by Crippen LogP contribution is -2.43. The van der Waals surface area contributed by atoms with E-state index in [2.05, 4.69) is 12.2 Å². The molecule has 4 nitrogen and oxygen atoms in total. The van der Waals surface area contributed by atoms with Gasteiger partial charge in [-0.3, -0.25) is 4.79 Å². The van der Waals surface area contributed by atoms with Crippen LogP contribution in [0.2, 0.25) is 0 Å². The number of hydrogen-bond acceptors (Lipinski definition) is 2. The SMILES string of the molecule is [CH2]C(C)C(NC(C)=O)C(=O)O. The van der Waals surface area contributed by atoms with Gasteiger partial charge in [-0.1, -0.05) is 6.92 Å². The molecule has 0 aromatic carbocycles. The van der Waals surface area contributed by atoms with Gasteiger partial charge < -0.3 is 10.4 Å². The van der Waals surface area contributed by atoms with Crippen LogP contribution in [0.25, 0.3) is 0 Å². The van der Waals surface area contributed by atoms with Gasteiger partial charge in [-0.15, -0.1) is 0 Å². The molecule has 0 aliphatic rings. The third-order valence-electron chi connectivity index (χ3n) is 1.19. The molecule has 0 aromatic heterocycles. The standard InChI is InChI=1S/C7H12NO3/c1-4(2)6(7(10)11)8-5(3)9/h4,6H,1H2,2-3H3,(H,8,9)(H,10,11). The molecule has 0 fully saturated rings. The number of carbonyl (C=O) groups excluding carboxylic acids is 1. The molecule has 0 spiro atoms. The molecule has 0 aliphatic heterocycles. The molecule has 2 N–H and O–H groups in total. The van der Waals surface area contributed by atoms with Crippen LogP contribution in [-0.2, 0) is 9.59 Å². The minimum atomic E-state index is -1.05. The quantitative estimate of drug-likeness (QED) is 0.609. The van der Waals surface area contributed by atoms with E-state index in [0.29, 0.717) is 0 Å². The predicted octanol–water partition coefficient (Wildman–Crippen LogP) is 0.0459. The molecule has 1 amide bonds. The Labute approximate surface area is 65.6 Å². The fourth-order valence-electron chi connectivity index (χ4n) is 0.666. The summed E-state index contributed by atoms with van der Waals surface area (Å²) in [6, 6.07) is -0.882. The summed E-state index contributed by atoms with van der Waals surface area (Å²) in [6.45, 7) is 6.43. The maximum absolute atomic E-state index is 10.5. The third-order valence-corrected chi connectivity index (χ3v) is 1.19. The van der Waals surface area contributed by atoms with Gasteiger partial charge in [0.2, 0.25) is 5.91 Å². The Morgan fingerprint density at radius 2 is 2.00 bits per heavy atom. The number of hydrogen-bond donors (Lipinski definition) is 2. The van der Waals surface area contributed by atoms with Crippen LogP contribution in [0.1, 0.15) is 13.8 Å². The van der Waals surface area contributed by atoms with Crippen molar-refractivity contribution in [2.45, 2.75) is 19.9 Å². The summed E-state index contributed by atoms with van der Waals surface area (Å²) in [6.07, 6.45) is 0. The Kier molecular flexibility index (Phi) is 3.57. The molecule has 4 heteroatoms. The van der Waals surface area contributed by atoms with Crippen molar-refractivity contribution in [1.29, 1.82) is 0 Å². The Balaban J connectivity index is 4.12. The normalized spacial score (nSPS) is 12.7. The highest BCUT2D eigenvalue weighted by molar-refractivity contribution is 5.82. The van der Waals surface area contributed by atoms with Crippen molar-refractivity contribution in [1.82, 2.24) is 5.32 Å². The molecule has 2 unspecified atom stereocenters. The van der Waals surface area contributed by atoms with Crippen molar-refractivity contribution in [3.8, 4) is 0 Å². The van der Waals surface area contributed by atoms with E-state index in [1.54, 1.807) is 6.92 Å². The molecule has 2 atom stereocenters. The average Bonchev–Trinajstić information content (AvgIpc) is 1.81. The van der Waals surface area contributed by atoms with E-state index >= 15 is 0 Å². The minimum Gasteiger partial charge on any atom is -0.480 e. The summed E-state index contributed by atoms with van der Waals surface area (Å²) >= 11 is 0. The van der Waals surface area contributed by atoms with E-state index in [9.17, 15) is 9.59 Å². The monoisotopic (exact) mass is 158 g/mol. The Morgan fingerprint density at radius 3 is 2.09 bits per heavy atom. The van der Waals surface area contributed by atoms with Crippen molar-refractivity contribution in [2.75, 3.05) is 0 Å². The second-order valence-corrected chi connectivity index (χ2v) is 2.49. The molecule has 0 bridgehead atoms. The summed E-state index contributed by atoms with van der Waals surface area (Å²) in [5.74, 6) is -1.74. The first-order valence-electron chi connectivity index (χ1n) is 3.28. The molecule has 11 heavy (non-hydrogen) atoms. The van der Waals surface area contributed by atoms with Gasteiger partial charge >= 0.3 is 5.97 Å². The van der Waals surface area contributed by atoms with Gasteiger partial charge in [0.1, 0.15) is 6.04 Å². The fourth-order valence-corrected chi connectivity index (χ4v) is 0.666. The van der Waals surface area contributed by atoms with E-state index in [4.69, 9.17) is 5.11 Å². The van der Waals surface area contributed by atoms with E-state index in [-0.39, 0.29) is 11.8 Å². The molecule has 0 saturated carbocycles. The number of aliphatic carboxylic acids is 1. The zero-order valence-electron chi connectivity index (χ0n) is 6.63. The molecule has 0 saturated heterocycles. The van der Waals surface area contributed by atoms with Crippen LogP contribution in [-0.4, -0.2) is 23.0 Å². The van der Waals surface area contributed by atoms with Gasteiger partial charge in [-0.05, 0) is 12.8 Å². The van der Waals surface area contributed by atoms with Gasteiger partial charge in [0, 0.05) is 6.92 Å². The molecule has 63 valence electrons. The topological polar surface area (TPSA) is 66.4 Å². The zero-order chi connectivity index (χ0) is 9.02. The summed E-state index contributed by atoms with van der Waals surface area (Å²) in [7, 11) is 0. The largest absolute Gasteiger partial charge is 0.480 e. The van der Waals surface area contributed by atoms with Crippen LogP contribution in [0, 0.1) is 12.8 Å². The lowest BCUT2D eigenvalue weighted by molar-refractivity contribution is -0.142. The van der Waals surface area contributed by atoms with E-state index in [0.717, 1.165) is 0 Å². The summed E-state index contributed by atoms with van der Waals surface area (Å²) < 4.78 is 0. The van der Waals surface area contributed by atoms with E-state index < -0.39 is 12.0 Å². The number of amides is 1. The molecular formula is C7H12NO3. The van der Waals surface area contributed by atoms with Gasteiger partial charge in [0.25, 0.3) is 0 Å². The van der Waals surface area contributed by atoms with E-state index in [1.165, 1.54) is 6.92 Å². The van der Waals surface area contributed by atoms with Crippen LogP contribution < -0.4 is 5.32 Å². The van der Waals surface area contributed by atoms with Crippen molar-refractivity contribution in [2.24, 2.45) is 5.92 Å². The molecule has 1 radical (unpaired) electrons. The predicted molar refractivity (Wildman–Crippen MR) is 39.8 cm³/mol. The summed E-state index contributed by atoms with van der Waals surface area (Å²) in [4.78, 5) is 20.9. The molecule has 0 rings (SSSR count). The average molecular weight is 158 g/mol. The number of rotatable bonds is 3. The Hall–Kier alpha value is -1.06. The Morgan fingerprint density at radius 1 is 1.55 bits per heavy atom. The number of carbonyl (C=O) groups is 2. The highest BCUT2D eigenvalue weighted by Crippen LogP contribution is 2.00. The number of carboxylic acids is 1. The number of nitrogens with one attached hydrogen (secondary N) is 1. The third kappa shape index (κ3) is 3.60. The van der Waals surface area contributed by atoms with Crippen molar-refractivity contribution >= 4 is 11.9 Å². The maximum Gasteiger partial charge on any atom is 0.326 e. The minimum absolute atomic E-state index is 0.337. The first-order valence-corrected chi connectivity index (χ1v) is 3.28. The zero-order valence-corrected chi connectivity index (χ0v) is 6.63. The van der Waals surface area contributed by atoms with Crippen LogP contribution in [0.3, 0.4) is 0 Å². The second kappa shape index (κ2) is 3.95. The fraction of sp³-hybridized carbons (Fsp3) is 0.571. The van der Waals surface area contributed by atoms with Crippen LogP contribution in [0.15, 0.2) is 0 Å². The summed E-state index contributed by atoms with van der Waals surface area (Å²) in [5.41, 5.74) is 0. The number of carboxylic acid groups (broad SMARTS) is 1. The maximum atomic E-state index is 10.5. The van der Waals surface area contributed by atoms with Gasteiger partial charge in [0.05, 0.1) is 0 Å². The lowest BCUT2D eigenvalue weighted by Gasteiger charge is -2.15. The lowest BCUT2D eigenvalue weighted by atomic mass is 10.1. The van der Waals surface area contributed by atoms with Crippen LogP contribution in [0.4, 0.5) is 0 Å². The van der Waals surface area contributed by atoms with Gasteiger partial charge in [0.15, 0.2) is 0 Å². The molecule has 0 aliphatic carbocycles. The molecular weight excluding hydrogens is 146 g/mol. The first-order chi connectivity index (χ1) is 4.95. The second-order valence-electron chi connectivity index (χ2n) is 2.49. The highest BCUT2D eigenvalue weighted by Gasteiger charge is 2.21. The first kappa shape index (κ1) is 9.94. The highest BCUT2D eigenvalue weighted by atomic mass is 16.4. The van der Waals surface area contributed by atoms with Crippen molar-refractivity contribution in [3.63, 3.8) is 0 Å². The van der Waals surface area contributed by atoms with Gasteiger partial charge in [-0.25, -0.2) is 4.79 Å². The van der Waals surface area contributed by atoms with Crippen LogP contribution in [0.5, 0.6) is 0 Å². The van der Waals surface area contributed by atoms with Crippen molar-refractivity contribution in [3.05, 3.63) is 6.92 Å². The smallest absolute Gasteiger partial charge is 0.326 e. The van der Waals surface area contributed by atoms with E-state index in [1.807, 2.05) is 0 Å². The van der Waals surface area contributed by atoms with Crippen LogP contribution >= 0.6 is 0 Å². The summed E-state index contributed by atoms with van der Waals surface area (Å²) in [5, 5.41) is 10.8. The molecule has 0 aromatic rings. The molecule has 0 heterocycles. The van der Waals surface area contributed by atoms with Crippen molar-refractivity contribution < 1.29 is 14.7 Å².